The van der Waals surface area contributed by atoms with Crippen LogP contribution in [-0.4, -0.2) is 68.6 Å². The number of nitrogens with zero attached hydrogens (tertiary/aromatic N) is 4. The third kappa shape index (κ3) is 3.91. The van der Waals surface area contributed by atoms with Crippen LogP contribution in [0.4, 0.5) is 4.79 Å². The first kappa shape index (κ1) is 15.2. The van der Waals surface area contributed by atoms with Crippen molar-refractivity contribution >= 4 is 12.0 Å². The second-order valence-electron chi connectivity index (χ2n) is 5.33. The average Bonchev–Trinajstić information content (AvgIpc) is 2.79. The van der Waals surface area contributed by atoms with Crippen LogP contribution in [0.15, 0.2) is 6.33 Å². The fraction of sp³-hybridized carbons (Fsp3) is 0.667. The van der Waals surface area contributed by atoms with Gasteiger partial charge < -0.3 is 24.6 Å². The molecule has 0 bridgehead atoms. The molecule has 0 atom stereocenters. The van der Waals surface area contributed by atoms with E-state index in [4.69, 9.17) is 9.84 Å². The third-order valence-electron chi connectivity index (χ3n) is 3.31. The Balaban J connectivity index is 1.67. The van der Waals surface area contributed by atoms with Crippen molar-refractivity contribution < 1.29 is 19.4 Å². The number of carbonyl (C=O) groups excluding carboxylic acids is 1. The van der Waals surface area contributed by atoms with Crippen LogP contribution < -0.4 is 5.32 Å². The zero-order chi connectivity index (χ0) is 15.5. The van der Waals surface area contributed by atoms with E-state index in [-0.39, 0.29) is 12.6 Å². The highest BCUT2D eigenvalue weighted by atomic mass is 16.5. The van der Waals surface area contributed by atoms with Gasteiger partial charge in [0.15, 0.2) is 0 Å². The Morgan fingerprint density at radius 3 is 2.81 bits per heavy atom. The molecule has 2 N–H and O–H groups in total. The Morgan fingerprint density at radius 1 is 1.52 bits per heavy atom. The summed E-state index contributed by atoms with van der Waals surface area (Å²) in [6.45, 7) is 2.68. The lowest BCUT2D eigenvalue weighted by Gasteiger charge is -2.46. The Bertz CT molecular complexity index is 523. The van der Waals surface area contributed by atoms with Crippen molar-refractivity contribution in [1.82, 2.24) is 25.0 Å². The van der Waals surface area contributed by atoms with E-state index in [1.54, 1.807) is 22.7 Å². The van der Waals surface area contributed by atoms with Crippen LogP contribution in [0.1, 0.15) is 12.7 Å². The number of carbonyl (C=O) groups is 2. The number of urea groups is 1. The number of aromatic nitrogens is 3. The number of ether oxygens (including phenoxy) is 1. The topological polar surface area (TPSA) is 110 Å². The Morgan fingerprint density at radius 2 is 2.24 bits per heavy atom. The molecule has 1 fully saturated rings. The summed E-state index contributed by atoms with van der Waals surface area (Å²) in [6.07, 6.45) is 2.21. The van der Waals surface area contributed by atoms with Crippen molar-refractivity contribution in [2.24, 2.45) is 7.05 Å². The number of likely N-dealkylation sites (tertiary alicyclic amines) is 1. The van der Waals surface area contributed by atoms with Crippen LogP contribution in [0.25, 0.3) is 0 Å². The molecule has 9 nitrogen and oxygen atoms in total. The van der Waals surface area contributed by atoms with Gasteiger partial charge in [-0.15, -0.1) is 10.2 Å². The van der Waals surface area contributed by atoms with Crippen LogP contribution in [0, 0.1) is 0 Å². The van der Waals surface area contributed by atoms with E-state index in [0.29, 0.717) is 26.1 Å². The molecule has 2 amide bonds. The first-order valence-electron chi connectivity index (χ1n) is 6.61. The van der Waals surface area contributed by atoms with Gasteiger partial charge in [-0.25, -0.2) is 9.59 Å². The molecule has 2 heterocycles. The predicted molar refractivity (Wildman–Crippen MR) is 71.7 cm³/mol. The maximum absolute atomic E-state index is 11.9. The van der Waals surface area contributed by atoms with Crippen molar-refractivity contribution in [3.05, 3.63) is 12.2 Å². The fourth-order valence-corrected chi connectivity index (χ4v) is 2.16. The van der Waals surface area contributed by atoms with Crippen molar-refractivity contribution in [2.45, 2.75) is 18.9 Å². The highest BCUT2D eigenvalue weighted by Crippen LogP contribution is 2.24. The maximum atomic E-state index is 11.9. The molecule has 0 unspecified atom stereocenters. The van der Waals surface area contributed by atoms with Gasteiger partial charge in [0.25, 0.3) is 0 Å². The number of hydrogen-bond donors (Lipinski definition) is 2. The number of hydrogen-bond acceptors (Lipinski definition) is 5. The van der Waals surface area contributed by atoms with Gasteiger partial charge in [0.1, 0.15) is 24.4 Å². The standard InChI is InChI=1S/C12H19N5O4/c1-12(21-5-10(18)19)6-17(7-12)11(20)13-4-3-9-15-14-8-16(9)2/h8H,3-7H2,1-2H3,(H,13,20)(H,18,19). The summed E-state index contributed by atoms with van der Waals surface area (Å²) in [4.78, 5) is 23.9. The first-order chi connectivity index (χ1) is 9.89. The van der Waals surface area contributed by atoms with E-state index in [9.17, 15) is 9.59 Å². The van der Waals surface area contributed by atoms with Crippen molar-refractivity contribution in [2.75, 3.05) is 26.2 Å². The number of nitrogens with one attached hydrogen (secondary N) is 1. The molecule has 9 heteroatoms. The van der Waals surface area contributed by atoms with Crippen LogP contribution >= 0.6 is 0 Å². The number of amides is 2. The van der Waals surface area contributed by atoms with Crippen LogP contribution in [0.5, 0.6) is 0 Å². The summed E-state index contributed by atoms with van der Waals surface area (Å²) in [5.41, 5.74) is -0.570. The number of aryl methyl sites for hydroxylation is 1. The molecule has 0 spiro atoms. The lowest BCUT2D eigenvalue weighted by molar-refractivity contribution is -0.159. The smallest absolute Gasteiger partial charge is 0.329 e. The second kappa shape index (κ2) is 6.08. The summed E-state index contributed by atoms with van der Waals surface area (Å²) in [6, 6.07) is -0.187. The SMILES string of the molecule is Cn1cnnc1CCNC(=O)N1CC(C)(OCC(=O)O)C1. The fourth-order valence-electron chi connectivity index (χ4n) is 2.16. The second-order valence-corrected chi connectivity index (χ2v) is 5.33. The molecule has 1 aromatic rings. The molecule has 1 aromatic heterocycles. The number of rotatable bonds is 6. The van der Waals surface area contributed by atoms with Gasteiger partial charge in [-0.05, 0) is 6.92 Å². The van der Waals surface area contributed by atoms with E-state index < -0.39 is 11.6 Å². The number of aliphatic carboxylic acids is 1. The lowest BCUT2D eigenvalue weighted by Crippen LogP contribution is -2.65. The molecule has 0 saturated carbocycles. The highest BCUT2D eigenvalue weighted by molar-refractivity contribution is 5.75. The van der Waals surface area contributed by atoms with Crippen molar-refractivity contribution in [3.63, 3.8) is 0 Å². The van der Waals surface area contributed by atoms with E-state index in [2.05, 4.69) is 15.5 Å². The Labute approximate surface area is 121 Å². The molecule has 116 valence electrons. The monoisotopic (exact) mass is 297 g/mol. The zero-order valence-corrected chi connectivity index (χ0v) is 12.1. The van der Waals surface area contributed by atoms with Gasteiger partial charge in [-0.2, -0.15) is 0 Å². The molecular weight excluding hydrogens is 278 g/mol. The first-order valence-corrected chi connectivity index (χ1v) is 6.61. The van der Waals surface area contributed by atoms with Gasteiger partial charge in [0, 0.05) is 20.0 Å². The molecule has 1 aliphatic heterocycles. The number of carboxylic acid groups (broad SMARTS) is 1. The van der Waals surface area contributed by atoms with Crippen LogP contribution in [-0.2, 0) is 23.0 Å². The van der Waals surface area contributed by atoms with Crippen molar-refractivity contribution in [1.29, 1.82) is 0 Å². The maximum Gasteiger partial charge on any atom is 0.329 e. The lowest BCUT2D eigenvalue weighted by atomic mass is 9.97. The number of carboxylic acids is 1. The molecule has 2 rings (SSSR count). The van der Waals surface area contributed by atoms with Crippen LogP contribution in [0.3, 0.4) is 0 Å². The van der Waals surface area contributed by atoms with Gasteiger partial charge in [-0.3, -0.25) is 0 Å². The predicted octanol–water partition coefficient (Wildman–Crippen LogP) is -0.757. The zero-order valence-electron chi connectivity index (χ0n) is 12.1. The molecule has 21 heavy (non-hydrogen) atoms. The molecule has 0 radical (unpaired) electrons. The highest BCUT2D eigenvalue weighted by Gasteiger charge is 2.42. The summed E-state index contributed by atoms with van der Waals surface area (Å²) < 4.78 is 7.04. The Hall–Kier alpha value is -2.16. The van der Waals surface area contributed by atoms with E-state index in [0.717, 1.165) is 5.82 Å². The van der Waals surface area contributed by atoms with Gasteiger partial charge >= 0.3 is 12.0 Å². The minimum Gasteiger partial charge on any atom is -0.480 e. The Kier molecular flexibility index (Phi) is 4.41. The molecule has 0 aromatic carbocycles. The summed E-state index contributed by atoms with van der Waals surface area (Å²) in [7, 11) is 1.85. The molecular formula is C12H19N5O4. The summed E-state index contributed by atoms with van der Waals surface area (Å²) in [5, 5.41) is 19.0. The third-order valence-corrected chi connectivity index (χ3v) is 3.31. The largest absolute Gasteiger partial charge is 0.480 e. The van der Waals surface area contributed by atoms with E-state index in [1.807, 2.05) is 7.05 Å². The van der Waals surface area contributed by atoms with Gasteiger partial charge in [0.2, 0.25) is 0 Å². The normalized spacial score (nSPS) is 16.4. The average molecular weight is 297 g/mol. The summed E-state index contributed by atoms with van der Waals surface area (Å²) >= 11 is 0. The minimum absolute atomic E-state index is 0.187. The minimum atomic E-state index is -1.01. The molecule has 1 aliphatic rings. The van der Waals surface area contributed by atoms with E-state index >= 15 is 0 Å². The summed E-state index contributed by atoms with van der Waals surface area (Å²) in [5.74, 6) is -0.212. The van der Waals surface area contributed by atoms with Gasteiger partial charge in [0.05, 0.1) is 13.1 Å². The molecule has 1 saturated heterocycles. The van der Waals surface area contributed by atoms with Crippen molar-refractivity contribution in [3.8, 4) is 0 Å². The quantitative estimate of drug-likeness (QED) is 0.714. The van der Waals surface area contributed by atoms with Gasteiger partial charge in [-0.1, -0.05) is 0 Å². The van der Waals surface area contributed by atoms with E-state index in [1.165, 1.54) is 0 Å². The molecule has 0 aliphatic carbocycles. The van der Waals surface area contributed by atoms with Crippen LogP contribution in [0.2, 0.25) is 0 Å².